The maximum Gasteiger partial charge on any atom is 0.258 e. The van der Waals surface area contributed by atoms with Crippen LogP contribution in [-0.2, 0) is 11.3 Å². The van der Waals surface area contributed by atoms with Gasteiger partial charge in [-0.15, -0.1) is 0 Å². The van der Waals surface area contributed by atoms with Gasteiger partial charge in [-0.3, -0.25) is 9.59 Å². The molecule has 1 aliphatic carbocycles. The Balaban J connectivity index is 1.79. The number of carbonyl (C=O) groups excluding carboxylic acids is 2. The van der Waals surface area contributed by atoms with Gasteiger partial charge in [0.05, 0.1) is 29.2 Å². The summed E-state index contributed by atoms with van der Waals surface area (Å²) in [5, 5.41) is 4.44. The minimum atomic E-state index is -0.142. The van der Waals surface area contributed by atoms with E-state index in [1.807, 2.05) is 12.1 Å². The Morgan fingerprint density at radius 2 is 1.48 bits per heavy atom. The highest BCUT2D eigenvalue weighted by Crippen LogP contribution is 2.53. The lowest BCUT2D eigenvalue weighted by molar-refractivity contribution is -0.120. The number of nitrogens with zero attached hydrogens (tertiary/aromatic N) is 3. The van der Waals surface area contributed by atoms with Gasteiger partial charge < -0.3 is 13.8 Å². The molecule has 150 valence electrons. The highest BCUT2D eigenvalue weighted by atomic mass is 31.0. The van der Waals surface area contributed by atoms with E-state index in [1.54, 1.807) is 4.67 Å². The maximum atomic E-state index is 13.4. The van der Waals surface area contributed by atoms with Crippen LogP contribution < -0.4 is 0 Å². The summed E-state index contributed by atoms with van der Waals surface area (Å²) in [6.07, 6.45) is 1.36. The number of aromatic nitrogens is 2. The second-order valence-corrected chi connectivity index (χ2v) is 9.71. The molecule has 2 bridgehead atoms. The van der Waals surface area contributed by atoms with Crippen molar-refractivity contribution in [2.45, 2.75) is 31.5 Å². The number of rotatable bonds is 0. The molecule has 1 fully saturated rings. The van der Waals surface area contributed by atoms with Gasteiger partial charge in [0.25, 0.3) is 5.91 Å². The summed E-state index contributed by atoms with van der Waals surface area (Å²) < 4.78 is 6.42. The number of carbonyl (C=O) groups is 2. The van der Waals surface area contributed by atoms with Gasteiger partial charge in [0.1, 0.15) is 0 Å². The number of benzene rings is 3. The molecule has 8 rings (SSSR count). The van der Waals surface area contributed by atoms with E-state index in [4.69, 9.17) is 0 Å². The molecule has 31 heavy (non-hydrogen) atoms. The van der Waals surface area contributed by atoms with Gasteiger partial charge in [-0.25, -0.2) is 0 Å². The van der Waals surface area contributed by atoms with Crippen LogP contribution in [0.3, 0.4) is 0 Å². The molecule has 3 atom stereocenters. The molecule has 0 N–H and O–H groups in total. The van der Waals surface area contributed by atoms with E-state index in [2.05, 4.69) is 54.9 Å². The molecule has 3 unspecified atom stereocenters. The second kappa shape index (κ2) is 5.17. The first-order valence-electron chi connectivity index (χ1n) is 10.7. The molecular weight excluding hydrogens is 405 g/mol. The van der Waals surface area contributed by atoms with E-state index in [0.717, 1.165) is 61.2 Å². The van der Waals surface area contributed by atoms with Crippen molar-refractivity contribution in [3.63, 3.8) is 0 Å². The van der Waals surface area contributed by atoms with Crippen molar-refractivity contribution >= 4 is 64.7 Å². The SMILES string of the molecule is O=C1CC2CC1n1c3ccccc3c3c4c(c5c6ccccc6n2c5c31)C(=O)N(P)C4. The van der Waals surface area contributed by atoms with E-state index in [9.17, 15) is 9.59 Å². The largest absolute Gasteiger partial charge is 0.335 e. The van der Waals surface area contributed by atoms with Crippen LogP contribution in [0.25, 0.3) is 43.6 Å². The number of ketones is 1. The van der Waals surface area contributed by atoms with Gasteiger partial charge in [-0.2, -0.15) is 0 Å². The van der Waals surface area contributed by atoms with Crippen LogP contribution >= 0.6 is 9.39 Å². The minimum Gasteiger partial charge on any atom is -0.335 e. The zero-order valence-corrected chi connectivity index (χ0v) is 17.8. The number of para-hydroxylation sites is 2. The third kappa shape index (κ3) is 1.69. The Hall–Kier alpha value is -3.17. The highest BCUT2D eigenvalue weighted by molar-refractivity contribution is 7.14. The number of amides is 1. The topological polar surface area (TPSA) is 47.2 Å². The molecule has 6 heteroatoms. The Bertz CT molecular complexity index is 1690. The van der Waals surface area contributed by atoms with Gasteiger partial charge >= 0.3 is 0 Å². The van der Waals surface area contributed by atoms with Gasteiger partial charge in [-0.1, -0.05) is 36.4 Å². The fourth-order valence-electron chi connectivity index (χ4n) is 6.60. The summed E-state index contributed by atoms with van der Waals surface area (Å²) in [7, 11) is 2.60. The Kier molecular flexibility index (Phi) is 2.76. The fraction of sp³-hybridized carbons (Fsp3) is 0.200. The smallest absolute Gasteiger partial charge is 0.258 e. The van der Waals surface area contributed by atoms with Gasteiger partial charge in [0.15, 0.2) is 5.78 Å². The molecule has 5 aromatic rings. The number of fused-ring (bicyclic) bond motifs is 13. The van der Waals surface area contributed by atoms with Crippen molar-refractivity contribution in [2.24, 2.45) is 0 Å². The molecule has 0 spiro atoms. The summed E-state index contributed by atoms with van der Waals surface area (Å²) in [4.78, 5) is 26.6. The first kappa shape index (κ1) is 16.5. The van der Waals surface area contributed by atoms with Crippen molar-refractivity contribution in [3.05, 3.63) is 59.7 Å². The van der Waals surface area contributed by atoms with E-state index in [-0.39, 0.29) is 18.0 Å². The van der Waals surface area contributed by atoms with Crippen LogP contribution in [0.2, 0.25) is 0 Å². The van der Waals surface area contributed by atoms with Crippen molar-refractivity contribution in [1.29, 1.82) is 0 Å². The van der Waals surface area contributed by atoms with Crippen LogP contribution in [0.1, 0.15) is 40.8 Å². The monoisotopic (exact) mass is 423 g/mol. The molecule has 3 aliphatic rings. The van der Waals surface area contributed by atoms with E-state index >= 15 is 0 Å². The first-order valence-corrected chi connectivity index (χ1v) is 11.3. The second-order valence-electron chi connectivity index (χ2n) is 9.08. The fourth-order valence-corrected chi connectivity index (χ4v) is 6.91. The number of Topliss-reactive ketones (excluding diaryl/α,β-unsaturated/α-hetero) is 1. The molecule has 3 aromatic carbocycles. The van der Waals surface area contributed by atoms with Crippen molar-refractivity contribution in [1.82, 2.24) is 13.8 Å². The van der Waals surface area contributed by atoms with Crippen LogP contribution in [0.15, 0.2) is 48.5 Å². The maximum absolute atomic E-state index is 13.4. The summed E-state index contributed by atoms with van der Waals surface area (Å²) >= 11 is 0. The van der Waals surface area contributed by atoms with Crippen LogP contribution in [0.4, 0.5) is 0 Å². The van der Waals surface area contributed by atoms with E-state index in [1.165, 1.54) is 0 Å². The molecule has 0 saturated heterocycles. The zero-order valence-electron chi connectivity index (χ0n) is 16.6. The quantitative estimate of drug-likeness (QED) is 0.325. The molecule has 5 nitrogen and oxygen atoms in total. The van der Waals surface area contributed by atoms with Gasteiger partial charge in [-0.05, 0) is 33.5 Å². The van der Waals surface area contributed by atoms with Gasteiger partial charge in [0, 0.05) is 45.0 Å². The van der Waals surface area contributed by atoms with Crippen molar-refractivity contribution < 1.29 is 9.59 Å². The first-order chi connectivity index (χ1) is 15.1. The van der Waals surface area contributed by atoms with Crippen molar-refractivity contribution in [3.8, 4) is 0 Å². The normalized spacial score (nSPS) is 22.0. The molecule has 2 aromatic heterocycles. The third-order valence-electron chi connectivity index (χ3n) is 7.68. The average Bonchev–Trinajstić information content (AvgIpc) is 3.45. The van der Waals surface area contributed by atoms with E-state index in [0.29, 0.717) is 18.7 Å². The Morgan fingerprint density at radius 3 is 2.26 bits per heavy atom. The highest BCUT2D eigenvalue weighted by Gasteiger charge is 2.43. The van der Waals surface area contributed by atoms with E-state index < -0.39 is 0 Å². The lowest BCUT2D eigenvalue weighted by Crippen LogP contribution is -2.13. The molecule has 1 amide bonds. The minimum absolute atomic E-state index is 0.0621. The number of hydrogen-bond donors (Lipinski definition) is 0. The lowest BCUT2D eigenvalue weighted by Gasteiger charge is -2.15. The standard InChI is InChI=1S/C25H18N3O2P/c29-19-10-12-9-18(19)28-17-8-4-1-5-13(17)20-15-11-26(31)25(30)22(15)21-14-6-2-3-7-16(14)27(12)24(21)23(20)28/h1-8,12,18H,9-11,31H2. The van der Waals surface area contributed by atoms with Crippen LogP contribution in [0, 0.1) is 0 Å². The summed E-state index contributed by atoms with van der Waals surface area (Å²) in [5.41, 5.74) is 6.39. The average molecular weight is 423 g/mol. The molecule has 4 heterocycles. The number of hydrogen-bond acceptors (Lipinski definition) is 2. The van der Waals surface area contributed by atoms with Gasteiger partial charge in [0.2, 0.25) is 0 Å². The lowest BCUT2D eigenvalue weighted by atomic mass is 9.97. The third-order valence-corrected chi connectivity index (χ3v) is 8.10. The Morgan fingerprint density at radius 1 is 0.839 bits per heavy atom. The summed E-state index contributed by atoms with van der Waals surface area (Å²) in [6.45, 7) is 0.570. The summed E-state index contributed by atoms with van der Waals surface area (Å²) in [6, 6.07) is 16.7. The molecule has 2 aliphatic heterocycles. The molecular formula is C25H18N3O2P. The van der Waals surface area contributed by atoms with Crippen LogP contribution in [0.5, 0.6) is 0 Å². The molecule has 0 radical (unpaired) electrons. The zero-order chi connectivity index (χ0) is 20.6. The summed E-state index contributed by atoms with van der Waals surface area (Å²) in [5.74, 6) is 0.376. The van der Waals surface area contributed by atoms with Crippen molar-refractivity contribution in [2.75, 3.05) is 0 Å². The predicted octanol–water partition coefficient (Wildman–Crippen LogP) is 5.11. The Labute approximate surface area is 179 Å². The molecule has 1 saturated carbocycles. The van der Waals surface area contributed by atoms with Crippen LogP contribution in [-0.4, -0.2) is 25.5 Å². The predicted molar refractivity (Wildman–Crippen MR) is 124 cm³/mol.